The van der Waals surface area contributed by atoms with E-state index in [4.69, 9.17) is 4.74 Å². The molecule has 0 aromatic heterocycles. The van der Waals surface area contributed by atoms with Crippen LogP contribution < -0.4 is 0 Å². The van der Waals surface area contributed by atoms with Crippen molar-refractivity contribution >= 4 is 5.91 Å². The van der Waals surface area contributed by atoms with Crippen molar-refractivity contribution < 1.29 is 9.53 Å². The molecule has 3 heteroatoms. The summed E-state index contributed by atoms with van der Waals surface area (Å²) in [5.41, 5.74) is 1.21. The number of fused-ring (bicyclic) bond motifs is 2. The Morgan fingerprint density at radius 3 is 2.94 bits per heavy atom. The summed E-state index contributed by atoms with van der Waals surface area (Å²) in [6.45, 7) is 7.73. The standard InChI is InChI=1S/C12H15NO2.C2H6/c1-2-13-6-9-4-3-8-5-10(8)12(9)15-7-11(13)14;1-2/h3-4,8,10H,2,5-7H2,1H3;1-2H3. The van der Waals surface area contributed by atoms with Crippen molar-refractivity contribution in [2.24, 2.45) is 11.8 Å². The van der Waals surface area contributed by atoms with Gasteiger partial charge in [-0.3, -0.25) is 4.79 Å². The lowest BCUT2D eigenvalue weighted by atomic mass is 10.0. The number of carbonyl (C=O) groups is 1. The molecule has 17 heavy (non-hydrogen) atoms. The molecular weight excluding hydrogens is 214 g/mol. The number of allylic oxidation sites excluding steroid dienone is 2. The molecule has 2 unspecified atom stereocenters. The summed E-state index contributed by atoms with van der Waals surface area (Å²) in [6, 6.07) is 0. The van der Waals surface area contributed by atoms with Crippen molar-refractivity contribution in [1.29, 1.82) is 0 Å². The molecule has 2 aliphatic carbocycles. The first-order chi connectivity index (χ1) is 8.29. The van der Waals surface area contributed by atoms with Crippen molar-refractivity contribution in [3.63, 3.8) is 0 Å². The maximum Gasteiger partial charge on any atom is 0.260 e. The number of ether oxygens (including phenoxy) is 1. The lowest BCUT2D eigenvalue weighted by Crippen LogP contribution is -2.33. The second-order valence-electron chi connectivity index (χ2n) is 4.45. The Morgan fingerprint density at radius 2 is 2.24 bits per heavy atom. The van der Waals surface area contributed by atoms with E-state index in [2.05, 4.69) is 12.2 Å². The topological polar surface area (TPSA) is 29.5 Å². The van der Waals surface area contributed by atoms with Gasteiger partial charge in [-0.15, -0.1) is 0 Å². The molecule has 0 radical (unpaired) electrons. The molecule has 1 amide bonds. The van der Waals surface area contributed by atoms with Crippen LogP contribution in [0.2, 0.25) is 0 Å². The zero-order chi connectivity index (χ0) is 12.4. The number of nitrogens with zero attached hydrogens (tertiary/aromatic N) is 1. The van der Waals surface area contributed by atoms with Crippen LogP contribution in [0.4, 0.5) is 0 Å². The van der Waals surface area contributed by atoms with Crippen LogP contribution >= 0.6 is 0 Å². The highest BCUT2D eigenvalue weighted by Gasteiger charge is 2.43. The van der Waals surface area contributed by atoms with E-state index in [-0.39, 0.29) is 12.5 Å². The molecular formula is C14H21NO2. The summed E-state index contributed by atoms with van der Waals surface area (Å²) in [5, 5.41) is 0. The predicted molar refractivity (Wildman–Crippen MR) is 67.3 cm³/mol. The fourth-order valence-corrected chi connectivity index (χ4v) is 2.43. The molecule has 0 saturated heterocycles. The van der Waals surface area contributed by atoms with Crippen LogP contribution in [0, 0.1) is 11.8 Å². The largest absolute Gasteiger partial charge is 0.487 e. The van der Waals surface area contributed by atoms with E-state index < -0.39 is 0 Å². The molecule has 1 heterocycles. The van der Waals surface area contributed by atoms with Crippen molar-refractivity contribution in [3.05, 3.63) is 23.5 Å². The van der Waals surface area contributed by atoms with Crippen LogP contribution in [0.15, 0.2) is 23.5 Å². The fourth-order valence-electron chi connectivity index (χ4n) is 2.43. The molecule has 1 fully saturated rings. The summed E-state index contributed by atoms with van der Waals surface area (Å²) in [6.07, 6.45) is 5.61. The highest BCUT2D eigenvalue weighted by Crippen LogP contribution is 2.49. The van der Waals surface area contributed by atoms with Gasteiger partial charge in [-0.05, 0) is 19.3 Å². The van der Waals surface area contributed by atoms with Crippen LogP contribution in [-0.2, 0) is 9.53 Å². The maximum atomic E-state index is 11.7. The van der Waals surface area contributed by atoms with E-state index in [1.54, 1.807) is 0 Å². The van der Waals surface area contributed by atoms with Gasteiger partial charge < -0.3 is 9.64 Å². The minimum Gasteiger partial charge on any atom is -0.487 e. The van der Waals surface area contributed by atoms with Crippen LogP contribution in [0.1, 0.15) is 27.2 Å². The molecule has 1 aliphatic heterocycles. The molecule has 3 aliphatic rings. The van der Waals surface area contributed by atoms with E-state index in [1.165, 1.54) is 12.0 Å². The molecule has 3 rings (SSSR count). The van der Waals surface area contributed by atoms with Crippen LogP contribution in [0.3, 0.4) is 0 Å². The van der Waals surface area contributed by atoms with Gasteiger partial charge in [0, 0.05) is 24.6 Å². The Bertz CT molecular complexity index is 370. The van der Waals surface area contributed by atoms with Gasteiger partial charge in [0.25, 0.3) is 5.91 Å². The van der Waals surface area contributed by atoms with Gasteiger partial charge in [0.1, 0.15) is 5.76 Å². The van der Waals surface area contributed by atoms with E-state index in [0.29, 0.717) is 11.8 Å². The van der Waals surface area contributed by atoms with E-state index >= 15 is 0 Å². The minimum absolute atomic E-state index is 0.109. The van der Waals surface area contributed by atoms with Gasteiger partial charge in [0.05, 0.1) is 0 Å². The first-order valence-electron chi connectivity index (χ1n) is 6.61. The van der Waals surface area contributed by atoms with Crippen LogP contribution in [0.25, 0.3) is 0 Å². The van der Waals surface area contributed by atoms with Gasteiger partial charge in [-0.1, -0.05) is 26.0 Å². The molecule has 0 aromatic carbocycles. The van der Waals surface area contributed by atoms with Crippen molar-refractivity contribution in [3.8, 4) is 0 Å². The molecule has 1 saturated carbocycles. The Balaban J connectivity index is 0.000000514. The third-order valence-electron chi connectivity index (χ3n) is 3.48. The van der Waals surface area contributed by atoms with Gasteiger partial charge in [0.2, 0.25) is 0 Å². The highest BCUT2D eigenvalue weighted by molar-refractivity contribution is 5.78. The summed E-state index contributed by atoms with van der Waals surface area (Å²) < 4.78 is 5.64. The SMILES string of the molecule is CC.CCN1CC2=C(OCC1=O)C1CC1C=C2. The zero-order valence-corrected chi connectivity index (χ0v) is 10.9. The Hall–Kier alpha value is -1.25. The molecule has 3 nitrogen and oxygen atoms in total. The van der Waals surface area contributed by atoms with Crippen LogP contribution in [0.5, 0.6) is 0 Å². The Kier molecular flexibility index (Phi) is 3.55. The summed E-state index contributed by atoms with van der Waals surface area (Å²) in [4.78, 5) is 13.5. The summed E-state index contributed by atoms with van der Waals surface area (Å²) in [5.74, 6) is 2.46. The minimum atomic E-state index is 0.109. The molecule has 94 valence electrons. The lowest BCUT2D eigenvalue weighted by Gasteiger charge is -2.18. The Morgan fingerprint density at radius 1 is 1.47 bits per heavy atom. The number of likely N-dealkylation sites (N-methyl/N-ethyl adjacent to an activating group) is 1. The molecule has 2 atom stereocenters. The van der Waals surface area contributed by atoms with E-state index in [0.717, 1.165) is 18.8 Å². The van der Waals surface area contributed by atoms with E-state index in [1.807, 2.05) is 25.7 Å². The smallest absolute Gasteiger partial charge is 0.260 e. The molecule has 0 spiro atoms. The number of amides is 1. The quantitative estimate of drug-likeness (QED) is 0.698. The first-order valence-corrected chi connectivity index (χ1v) is 6.61. The first kappa shape index (κ1) is 12.2. The van der Waals surface area contributed by atoms with Crippen molar-refractivity contribution in [1.82, 2.24) is 4.90 Å². The lowest BCUT2D eigenvalue weighted by molar-refractivity contribution is -0.133. The highest BCUT2D eigenvalue weighted by atomic mass is 16.5. The number of carbonyl (C=O) groups excluding carboxylic acids is 1. The van der Waals surface area contributed by atoms with Gasteiger partial charge in [0.15, 0.2) is 6.61 Å². The fraction of sp³-hybridized carbons (Fsp3) is 0.643. The second kappa shape index (κ2) is 4.94. The Labute approximate surface area is 103 Å². The third kappa shape index (κ3) is 2.24. The van der Waals surface area contributed by atoms with Crippen molar-refractivity contribution in [2.45, 2.75) is 27.2 Å². The maximum absolute atomic E-state index is 11.7. The molecule has 0 bridgehead atoms. The molecule has 0 N–H and O–H groups in total. The van der Waals surface area contributed by atoms with Gasteiger partial charge in [-0.25, -0.2) is 0 Å². The van der Waals surface area contributed by atoms with Gasteiger partial charge in [-0.2, -0.15) is 0 Å². The van der Waals surface area contributed by atoms with Crippen molar-refractivity contribution in [2.75, 3.05) is 19.7 Å². The summed E-state index contributed by atoms with van der Waals surface area (Å²) >= 11 is 0. The summed E-state index contributed by atoms with van der Waals surface area (Å²) in [7, 11) is 0. The van der Waals surface area contributed by atoms with Crippen LogP contribution in [-0.4, -0.2) is 30.5 Å². The normalized spacial score (nSPS) is 29.6. The third-order valence-corrected chi connectivity index (χ3v) is 3.48. The number of rotatable bonds is 1. The average molecular weight is 235 g/mol. The average Bonchev–Trinajstić information content (AvgIpc) is 3.15. The second-order valence-corrected chi connectivity index (χ2v) is 4.45. The number of hydrogen-bond acceptors (Lipinski definition) is 2. The zero-order valence-electron chi connectivity index (χ0n) is 10.9. The molecule has 0 aromatic rings. The monoisotopic (exact) mass is 235 g/mol. The number of hydrogen-bond donors (Lipinski definition) is 0. The van der Waals surface area contributed by atoms with Gasteiger partial charge >= 0.3 is 0 Å². The van der Waals surface area contributed by atoms with E-state index in [9.17, 15) is 4.79 Å². The predicted octanol–water partition coefficient (Wildman–Crippen LogP) is 2.35.